The highest BCUT2D eigenvalue weighted by Gasteiger charge is 2.51. The summed E-state index contributed by atoms with van der Waals surface area (Å²) < 4.78 is 1.66. The molecule has 10 heteroatoms. The van der Waals surface area contributed by atoms with Crippen LogP contribution in [0.4, 0.5) is 17.5 Å². The first-order chi connectivity index (χ1) is 17.0. The van der Waals surface area contributed by atoms with Crippen molar-refractivity contribution in [2.24, 2.45) is 7.05 Å². The lowest BCUT2D eigenvalue weighted by Crippen LogP contribution is -2.55. The van der Waals surface area contributed by atoms with Crippen molar-refractivity contribution in [2.45, 2.75) is 37.6 Å². The Bertz CT molecular complexity index is 1340. The maximum atomic E-state index is 13.0. The van der Waals surface area contributed by atoms with E-state index < -0.39 is 0 Å². The van der Waals surface area contributed by atoms with E-state index in [4.69, 9.17) is 9.97 Å². The summed E-state index contributed by atoms with van der Waals surface area (Å²) in [5.74, 6) is 2.57. The zero-order valence-corrected chi connectivity index (χ0v) is 19.9. The Hall–Kier alpha value is -4.00. The van der Waals surface area contributed by atoms with Crippen molar-refractivity contribution in [1.29, 1.82) is 5.26 Å². The number of hydrogen-bond donors (Lipinski definition) is 0. The van der Waals surface area contributed by atoms with Crippen LogP contribution >= 0.6 is 0 Å². The number of piperazine rings is 1. The van der Waals surface area contributed by atoms with Gasteiger partial charge < -0.3 is 14.7 Å². The van der Waals surface area contributed by atoms with Crippen LogP contribution in [0.2, 0.25) is 0 Å². The molecular formula is C25H27N9O. The van der Waals surface area contributed by atoms with E-state index in [1.54, 1.807) is 35.5 Å². The van der Waals surface area contributed by atoms with E-state index in [0.717, 1.165) is 36.8 Å². The first-order valence-corrected chi connectivity index (χ1v) is 12.0. The number of amides is 1. The highest BCUT2D eigenvalue weighted by Crippen LogP contribution is 2.56. The Labute approximate surface area is 203 Å². The molecule has 178 valence electrons. The maximum absolute atomic E-state index is 13.0. The fourth-order valence-corrected chi connectivity index (χ4v) is 5.71. The lowest BCUT2D eigenvalue weighted by atomic mass is 9.66. The molecular weight excluding hydrogens is 442 g/mol. The van der Waals surface area contributed by atoms with Crippen molar-refractivity contribution >= 4 is 23.4 Å². The Morgan fingerprint density at radius 1 is 1.17 bits per heavy atom. The van der Waals surface area contributed by atoms with Gasteiger partial charge in [-0.3, -0.25) is 9.48 Å². The largest absolute Gasteiger partial charge is 0.352 e. The molecule has 35 heavy (non-hydrogen) atoms. The minimum Gasteiger partial charge on any atom is -0.352 e. The number of aryl methyl sites for hydroxylation is 1. The van der Waals surface area contributed by atoms with Gasteiger partial charge in [-0.2, -0.15) is 10.4 Å². The van der Waals surface area contributed by atoms with Crippen molar-refractivity contribution in [3.05, 3.63) is 53.7 Å². The lowest BCUT2D eigenvalue weighted by molar-refractivity contribution is 0.0666. The number of rotatable bonds is 3. The molecule has 1 atom stereocenters. The van der Waals surface area contributed by atoms with Crippen molar-refractivity contribution in [2.75, 3.05) is 36.0 Å². The Balaban J connectivity index is 1.31. The summed E-state index contributed by atoms with van der Waals surface area (Å²) in [7, 11) is 1.82. The van der Waals surface area contributed by atoms with E-state index in [9.17, 15) is 10.1 Å². The average Bonchev–Trinajstić information content (AvgIpc) is 3.45. The number of nitriles is 1. The number of aromatic nitrogens is 5. The van der Waals surface area contributed by atoms with Gasteiger partial charge in [-0.25, -0.2) is 15.0 Å². The van der Waals surface area contributed by atoms with Crippen LogP contribution in [0.15, 0.2) is 36.9 Å². The van der Waals surface area contributed by atoms with E-state index in [2.05, 4.69) is 32.9 Å². The zero-order valence-electron chi connectivity index (χ0n) is 19.9. The molecule has 1 spiro atoms. The summed E-state index contributed by atoms with van der Waals surface area (Å²) in [6.07, 6.45) is 8.45. The molecule has 0 N–H and O–H groups in total. The standard InChI is InChI=1S/C25H27N9O/c1-17-14-32(10-11-33(17)24(35)19-5-9-31(2)30-19)22-21-23(29-16-28-22)34(15-25(21)6-3-7-25)20-12-18(13-26)4-8-27-20/h4-5,8-9,12,16-17H,3,6-7,10-11,14-15H2,1-2H3/t17-/m1/s1. The van der Waals surface area contributed by atoms with Crippen LogP contribution in [-0.4, -0.2) is 67.8 Å². The first-order valence-electron chi connectivity index (χ1n) is 12.0. The van der Waals surface area contributed by atoms with Gasteiger partial charge in [-0.05, 0) is 38.0 Å². The molecule has 10 nitrogen and oxygen atoms in total. The third-order valence-electron chi connectivity index (χ3n) is 7.64. The van der Waals surface area contributed by atoms with Crippen molar-refractivity contribution < 1.29 is 4.79 Å². The molecule has 0 aromatic carbocycles. The van der Waals surface area contributed by atoms with E-state index in [-0.39, 0.29) is 17.4 Å². The van der Waals surface area contributed by atoms with Crippen LogP contribution in [0.3, 0.4) is 0 Å². The fourth-order valence-electron chi connectivity index (χ4n) is 5.71. The predicted molar refractivity (Wildman–Crippen MR) is 129 cm³/mol. The fraction of sp³-hybridized carbons (Fsp3) is 0.440. The molecule has 3 aromatic heterocycles. The lowest BCUT2D eigenvalue weighted by Gasteiger charge is -2.43. The number of hydrogen-bond acceptors (Lipinski definition) is 8. The second kappa shape index (κ2) is 8.05. The highest BCUT2D eigenvalue weighted by atomic mass is 16.2. The molecule has 0 unspecified atom stereocenters. The highest BCUT2D eigenvalue weighted by molar-refractivity contribution is 5.92. The van der Waals surface area contributed by atoms with Gasteiger partial charge in [-0.15, -0.1) is 0 Å². The number of carbonyl (C=O) groups excluding carboxylic acids is 1. The minimum absolute atomic E-state index is 0.000402. The molecule has 1 saturated carbocycles. The minimum atomic E-state index is -0.0317. The quantitative estimate of drug-likeness (QED) is 0.576. The van der Waals surface area contributed by atoms with E-state index >= 15 is 0 Å². The summed E-state index contributed by atoms with van der Waals surface area (Å²) in [5.41, 5.74) is 2.25. The molecule has 3 aromatic rings. The number of anilines is 3. The molecule has 5 heterocycles. The van der Waals surface area contributed by atoms with Crippen molar-refractivity contribution in [3.63, 3.8) is 0 Å². The van der Waals surface area contributed by atoms with Gasteiger partial charge in [0.15, 0.2) is 0 Å². The van der Waals surface area contributed by atoms with Gasteiger partial charge in [0, 0.05) is 62.6 Å². The predicted octanol–water partition coefficient (Wildman–Crippen LogP) is 2.40. The summed E-state index contributed by atoms with van der Waals surface area (Å²) in [6.45, 7) is 4.88. The van der Waals surface area contributed by atoms with Gasteiger partial charge >= 0.3 is 0 Å². The van der Waals surface area contributed by atoms with Gasteiger partial charge in [-0.1, -0.05) is 6.42 Å². The van der Waals surface area contributed by atoms with E-state index in [1.807, 2.05) is 18.0 Å². The molecule has 1 saturated heterocycles. The van der Waals surface area contributed by atoms with Crippen LogP contribution in [0.5, 0.6) is 0 Å². The third-order valence-corrected chi connectivity index (χ3v) is 7.64. The van der Waals surface area contributed by atoms with Crippen LogP contribution in [0.25, 0.3) is 0 Å². The second-order valence-corrected chi connectivity index (χ2v) is 9.80. The van der Waals surface area contributed by atoms with E-state index in [0.29, 0.717) is 30.9 Å². The second-order valence-electron chi connectivity index (χ2n) is 9.80. The molecule has 1 aliphatic carbocycles. The number of pyridine rings is 1. The molecule has 1 amide bonds. The Morgan fingerprint density at radius 3 is 2.69 bits per heavy atom. The number of nitrogens with zero attached hydrogens (tertiary/aromatic N) is 9. The van der Waals surface area contributed by atoms with Crippen molar-refractivity contribution in [1.82, 2.24) is 29.6 Å². The maximum Gasteiger partial charge on any atom is 0.274 e. The topological polar surface area (TPSA) is 107 Å². The first kappa shape index (κ1) is 21.5. The van der Waals surface area contributed by atoms with Gasteiger partial charge in [0.25, 0.3) is 5.91 Å². The van der Waals surface area contributed by atoms with Gasteiger partial charge in [0.05, 0.1) is 11.6 Å². The summed E-state index contributed by atoms with van der Waals surface area (Å²) >= 11 is 0. The molecule has 0 radical (unpaired) electrons. The molecule has 2 aliphatic heterocycles. The SMILES string of the molecule is C[C@@H]1CN(c2ncnc3c2C2(CCC2)CN3c2cc(C#N)ccn2)CCN1C(=O)c1ccn(C)n1. The van der Waals surface area contributed by atoms with Crippen molar-refractivity contribution in [3.8, 4) is 6.07 Å². The normalized spacial score (nSPS) is 20.5. The van der Waals surface area contributed by atoms with Crippen LogP contribution in [-0.2, 0) is 12.5 Å². The smallest absolute Gasteiger partial charge is 0.274 e. The summed E-state index contributed by atoms with van der Waals surface area (Å²) in [4.78, 5) is 33.4. The molecule has 2 fully saturated rings. The summed E-state index contributed by atoms with van der Waals surface area (Å²) in [6, 6.07) is 7.55. The Kier molecular flexibility index (Phi) is 4.95. The van der Waals surface area contributed by atoms with Gasteiger partial charge in [0.2, 0.25) is 0 Å². The van der Waals surface area contributed by atoms with E-state index in [1.165, 1.54) is 12.0 Å². The third kappa shape index (κ3) is 3.41. The molecule has 0 bridgehead atoms. The zero-order chi connectivity index (χ0) is 24.2. The molecule has 3 aliphatic rings. The Morgan fingerprint density at radius 2 is 2.00 bits per heavy atom. The molecule has 6 rings (SSSR count). The number of fused-ring (bicyclic) bond motifs is 2. The monoisotopic (exact) mass is 469 g/mol. The summed E-state index contributed by atoms with van der Waals surface area (Å²) in [5, 5.41) is 13.7. The van der Waals surface area contributed by atoms with Crippen LogP contribution < -0.4 is 9.80 Å². The number of carbonyl (C=O) groups is 1. The van der Waals surface area contributed by atoms with Gasteiger partial charge in [0.1, 0.15) is 29.5 Å². The van der Waals surface area contributed by atoms with Crippen LogP contribution in [0, 0.1) is 11.3 Å². The average molecular weight is 470 g/mol. The van der Waals surface area contributed by atoms with Crippen LogP contribution in [0.1, 0.15) is 47.8 Å².